The average Bonchev–Trinajstić information content (AvgIpc) is 3.36. The van der Waals surface area contributed by atoms with Crippen molar-refractivity contribution in [3.8, 4) is 0 Å². The van der Waals surface area contributed by atoms with Crippen molar-refractivity contribution < 1.29 is 54.1 Å². The lowest BCUT2D eigenvalue weighted by Gasteiger charge is -2.30. The summed E-state index contributed by atoms with van der Waals surface area (Å²) in [5.41, 5.74) is 10.6. The summed E-state index contributed by atoms with van der Waals surface area (Å²) >= 11 is 0. The van der Waals surface area contributed by atoms with Crippen molar-refractivity contribution in [1.82, 2.24) is 20.9 Å². The quantitative estimate of drug-likeness (QED) is 0.0331. The van der Waals surface area contributed by atoms with E-state index in [0.717, 1.165) is 6.92 Å². The van der Waals surface area contributed by atoms with Gasteiger partial charge in [0.25, 0.3) is 0 Å². The molecule has 1 heterocycles. The first-order chi connectivity index (χ1) is 19.1. The van der Waals surface area contributed by atoms with Crippen molar-refractivity contribution in [3.05, 3.63) is 0 Å². The van der Waals surface area contributed by atoms with Crippen LogP contribution in [0.2, 0.25) is 0 Å². The third-order valence-corrected chi connectivity index (χ3v) is 6.15. The van der Waals surface area contributed by atoms with Crippen LogP contribution in [-0.4, -0.2) is 122 Å². The molecule has 4 amide bonds. The summed E-state index contributed by atoms with van der Waals surface area (Å²) in [4.78, 5) is 78.2. The summed E-state index contributed by atoms with van der Waals surface area (Å²) in [6, 6.07) is -4.67. The van der Waals surface area contributed by atoms with Crippen molar-refractivity contribution >= 4 is 48.6 Å². The van der Waals surface area contributed by atoms with Crippen molar-refractivity contribution in [1.29, 1.82) is 0 Å². The molecule has 1 rings (SSSR count). The molecule has 0 radical (unpaired) electrons. The molecule has 1 fully saturated rings. The molecule has 230 valence electrons. The van der Waals surface area contributed by atoms with E-state index in [1.54, 1.807) is 0 Å². The maximum absolute atomic E-state index is 13.3. The maximum Gasteiger partial charge on any atom is 0.475 e. The lowest BCUT2D eigenvalue weighted by atomic mass is 9.77. The number of carbonyl (C=O) groups excluding carboxylic acids is 4. The number of aliphatic hydroxyl groups excluding tert-OH is 1. The van der Waals surface area contributed by atoms with Crippen molar-refractivity contribution in [2.45, 2.75) is 82.0 Å². The molecule has 1 saturated heterocycles. The summed E-state index contributed by atoms with van der Waals surface area (Å²) < 4.78 is 0. The molecule has 5 atom stereocenters. The number of aliphatic imine (C=N–C) groups is 1. The predicted octanol–water partition coefficient (Wildman–Crippen LogP) is -4.78. The number of rotatable bonds is 17. The summed E-state index contributed by atoms with van der Waals surface area (Å²) in [5, 5.41) is 54.1. The van der Waals surface area contributed by atoms with Crippen LogP contribution in [0.25, 0.3) is 0 Å². The Labute approximate surface area is 235 Å². The smallest absolute Gasteiger partial charge is 0.475 e. The highest BCUT2D eigenvalue weighted by Crippen LogP contribution is 2.20. The van der Waals surface area contributed by atoms with E-state index < -0.39 is 92.1 Å². The van der Waals surface area contributed by atoms with Gasteiger partial charge in [-0.1, -0.05) is 0 Å². The molecule has 1 aliphatic rings. The number of nitrogens with one attached hydrogen (secondary N) is 3. The molecule has 0 aromatic rings. The Balaban J connectivity index is 3.09. The van der Waals surface area contributed by atoms with Gasteiger partial charge in [0.1, 0.15) is 18.1 Å². The highest BCUT2D eigenvalue weighted by molar-refractivity contribution is 6.43. The molecule has 12 N–H and O–H groups in total. The molecule has 0 saturated carbocycles. The van der Waals surface area contributed by atoms with Gasteiger partial charge in [-0.05, 0) is 32.6 Å². The van der Waals surface area contributed by atoms with E-state index in [1.807, 2.05) is 0 Å². The third kappa shape index (κ3) is 12.4. The molecule has 0 aliphatic carbocycles. The van der Waals surface area contributed by atoms with E-state index in [0.29, 0.717) is 12.8 Å². The first-order valence-electron chi connectivity index (χ1n) is 12.9. The van der Waals surface area contributed by atoms with Crippen LogP contribution in [0.3, 0.4) is 0 Å². The number of hydrogen-bond acceptors (Lipinski definition) is 10. The highest BCUT2D eigenvalue weighted by Gasteiger charge is 2.40. The van der Waals surface area contributed by atoms with Gasteiger partial charge in [-0.25, -0.2) is 0 Å². The van der Waals surface area contributed by atoms with Crippen molar-refractivity contribution in [3.63, 3.8) is 0 Å². The van der Waals surface area contributed by atoms with E-state index in [9.17, 15) is 43.9 Å². The summed E-state index contributed by atoms with van der Waals surface area (Å²) in [7, 11) is -1.82. The molecular weight excluding hydrogens is 549 g/mol. The van der Waals surface area contributed by atoms with Gasteiger partial charge in [-0.15, -0.1) is 0 Å². The Morgan fingerprint density at radius 3 is 2.17 bits per heavy atom. The number of nitrogens with zero attached hydrogens (tertiary/aromatic N) is 2. The van der Waals surface area contributed by atoms with Gasteiger partial charge in [-0.3, -0.25) is 33.8 Å². The number of aliphatic carboxylic acids is 2. The number of carbonyl (C=O) groups is 6. The fourth-order valence-electron chi connectivity index (χ4n) is 4.13. The van der Waals surface area contributed by atoms with E-state index in [-0.39, 0.29) is 31.9 Å². The lowest BCUT2D eigenvalue weighted by molar-refractivity contribution is -0.142. The number of guanidine groups is 1. The molecule has 1 aliphatic heterocycles. The molecule has 0 unspecified atom stereocenters. The second-order valence-corrected chi connectivity index (χ2v) is 9.50. The fraction of sp³-hybridized carbons (Fsp3) is 0.682. The van der Waals surface area contributed by atoms with Crippen LogP contribution in [0.15, 0.2) is 4.99 Å². The monoisotopic (exact) mass is 587 g/mol. The van der Waals surface area contributed by atoms with Gasteiger partial charge in [-0.2, -0.15) is 0 Å². The molecule has 0 aromatic carbocycles. The van der Waals surface area contributed by atoms with E-state index in [1.165, 1.54) is 4.90 Å². The normalized spacial score (nSPS) is 17.4. The SMILES string of the molecule is C[C@@H](O)[C@H](NC(=O)[C@H](CC(=O)O)NC(=O)CCC(=O)O)C(=O)N[C@@H](CCCN=C(N)N)C(=O)N1CCC[C@H]1B(O)O. The Morgan fingerprint density at radius 1 is 0.976 bits per heavy atom. The topological polar surface area (TPSA) is 307 Å². The van der Waals surface area contributed by atoms with Gasteiger partial charge in [0.05, 0.1) is 24.9 Å². The molecular formula is C22H38BN7O11. The zero-order chi connectivity index (χ0) is 31.3. The summed E-state index contributed by atoms with van der Waals surface area (Å²) in [5.74, 6) is -7.64. The highest BCUT2D eigenvalue weighted by atomic mass is 16.4. The zero-order valence-corrected chi connectivity index (χ0v) is 22.6. The van der Waals surface area contributed by atoms with E-state index in [4.69, 9.17) is 21.7 Å². The Hall–Kier alpha value is -3.97. The molecule has 18 nitrogen and oxygen atoms in total. The summed E-state index contributed by atoms with van der Waals surface area (Å²) in [6.45, 7) is 1.44. The zero-order valence-electron chi connectivity index (χ0n) is 22.6. The van der Waals surface area contributed by atoms with Gasteiger partial charge in [0.2, 0.25) is 23.6 Å². The summed E-state index contributed by atoms with van der Waals surface area (Å²) in [6.07, 6.45) is -2.57. The molecule has 0 bridgehead atoms. The number of carboxylic acid groups (broad SMARTS) is 2. The van der Waals surface area contributed by atoms with Crippen LogP contribution in [0, 0.1) is 0 Å². The number of amides is 4. The van der Waals surface area contributed by atoms with Crippen molar-refractivity contribution in [2.75, 3.05) is 13.1 Å². The van der Waals surface area contributed by atoms with Crippen LogP contribution in [0.5, 0.6) is 0 Å². The maximum atomic E-state index is 13.3. The van der Waals surface area contributed by atoms with Gasteiger partial charge >= 0.3 is 19.1 Å². The standard InChI is InChI=1S/C22H38BN7O11/c1-11(31)18(29-19(37)13(10-17(35)36)27-15(32)6-7-16(33)34)20(38)28-12(4-2-8-26-22(24)25)21(39)30-9-3-5-14(30)23(40)41/h11-14,18,31,40-41H,2-10H2,1H3,(H,27,32)(H,28,38)(H,29,37)(H,33,34)(H,35,36)(H4,24,25,26)/t11-,12+,13+,14+,18+/m1/s1. The largest absolute Gasteiger partial charge is 0.481 e. The molecule has 0 spiro atoms. The first kappa shape index (κ1) is 35.1. The minimum absolute atomic E-state index is 0.00610. The number of likely N-dealkylation sites (tertiary alicyclic amines) is 1. The van der Waals surface area contributed by atoms with Crippen LogP contribution >= 0.6 is 0 Å². The lowest BCUT2D eigenvalue weighted by Crippen LogP contribution is -2.60. The van der Waals surface area contributed by atoms with E-state index >= 15 is 0 Å². The van der Waals surface area contributed by atoms with Crippen molar-refractivity contribution in [2.24, 2.45) is 16.5 Å². The second kappa shape index (κ2) is 17.0. The minimum atomic E-state index is -1.82. The third-order valence-electron chi connectivity index (χ3n) is 6.15. The van der Waals surface area contributed by atoms with Crippen LogP contribution < -0.4 is 27.4 Å². The number of hydrogen-bond donors (Lipinski definition) is 10. The molecule has 0 aromatic heterocycles. The molecule has 41 heavy (non-hydrogen) atoms. The number of carboxylic acids is 2. The number of aliphatic hydroxyl groups is 1. The van der Waals surface area contributed by atoms with Crippen LogP contribution in [0.1, 0.15) is 51.9 Å². The predicted molar refractivity (Wildman–Crippen MR) is 141 cm³/mol. The van der Waals surface area contributed by atoms with Gasteiger partial charge < -0.3 is 57.7 Å². The average molecular weight is 587 g/mol. The van der Waals surface area contributed by atoms with Crippen LogP contribution in [-0.2, 0) is 28.8 Å². The van der Waals surface area contributed by atoms with Gasteiger partial charge in [0, 0.05) is 19.5 Å². The number of nitrogens with two attached hydrogens (primary N) is 2. The van der Waals surface area contributed by atoms with E-state index in [2.05, 4.69) is 20.9 Å². The minimum Gasteiger partial charge on any atom is -0.481 e. The Bertz CT molecular complexity index is 991. The Kier molecular flexibility index (Phi) is 14.5. The van der Waals surface area contributed by atoms with Gasteiger partial charge in [0.15, 0.2) is 5.96 Å². The fourth-order valence-corrected chi connectivity index (χ4v) is 4.13. The van der Waals surface area contributed by atoms with Crippen LogP contribution in [0.4, 0.5) is 0 Å². The second-order valence-electron chi connectivity index (χ2n) is 9.50. The first-order valence-corrected chi connectivity index (χ1v) is 12.9. The Morgan fingerprint density at radius 2 is 1.63 bits per heavy atom. The molecule has 19 heteroatoms.